The maximum Gasteiger partial charge on any atom is 0.265 e. The normalized spacial score (nSPS) is 19.4. The van der Waals surface area contributed by atoms with E-state index in [0.29, 0.717) is 6.42 Å². The number of carbonyl (C=O) groups excluding carboxylic acids is 1. The second-order valence-corrected chi connectivity index (χ2v) is 9.26. The maximum atomic E-state index is 12.3. The molecule has 0 bridgehead atoms. The Labute approximate surface area is 134 Å². The number of nitrogens with one attached hydrogen (secondary N) is 1. The average Bonchev–Trinajstić information content (AvgIpc) is 2.37. The first kappa shape index (κ1) is 17.0. The second kappa shape index (κ2) is 6.42. The van der Waals surface area contributed by atoms with Crippen molar-refractivity contribution in [3.63, 3.8) is 0 Å². The maximum absolute atomic E-state index is 12.3. The first-order chi connectivity index (χ1) is 10.2. The monoisotopic (exact) mass is 320 g/mol. The molecule has 121 valence electrons. The Kier molecular flexibility index (Phi) is 4.97. The van der Waals surface area contributed by atoms with Crippen LogP contribution in [0.15, 0.2) is 18.2 Å². The molecular weight excluding hydrogens is 294 g/mol. The van der Waals surface area contributed by atoms with Crippen molar-refractivity contribution < 1.29 is 14.0 Å². The minimum atomic E-state index is -0.836. The lowest BCUT2D eigenvalue weighted by Crippen LogP contribution is -2.44. The van der Waals surface area contributed by atoms with Crippen LogP contribution >= 0.6 is 0 Å². The third-order valence-corrected chi connectivity index (χ3v) is 4.48. The molecule has 0 fully saturated rings. The molecule has 5 heteroatoms. The molecule has 1 aromatic rings. The summed E-state index contributed by atoms with van der Waals surface area (Å²) in [6.45, 7) is 12.6. The SMILES string of the molecule is Cc1ccc2c(c1)NC(=O)C(CC(O[Si](C)C)C(C)(C)C)O2. The number of hydrogen-bond donors (Lipinski definition) is 1. The van der Waals surface area contributed by atoms with Gasteiger partial charge in [0.25, 0.3) is 5.91 Å². The summed E-state index contributed by atoms with van der Waals surface area (Å²) in [7, 11) is -0.836. The molecule has 0 saturated heterocycles. The molecule has 0 saturated carbocycles. The summed E-state index contributed by atoms with van der Waals surface area (Å²) in [5.41, 5.74) is 1.82. The Bertz CT molecular complexity index is 551. The van der Waals surface area contributed by atoms with Crippen LogP contribution < -0.4 is 10.1 Å². The smallest absolute Gasteiger partial charge is 0.265 e. The van der Waals surface area contributed by atoms with Gasteiger partial charge in [0.1, 0.15) is 5.75 Å². The van der Waals surface area contributed by atoms with E-state index in [2.05, 4.69) is 39.2 Å². The minimum Gasteiger partial charge on any atom is -0.478 e. The van der Waals surface area contributed by atoms with E-state index in [1.807, 2.05) is 25.1 Å². The molecule has 2 rings (SSSR count). The number of fused-ring (bicyclic) bond motifs is 1. The zero-order valence-electron chi connectivity index (χ0n) is 14.3. The van der Waals surface area contributed by atoms with E-state index in [4.69, 9.17) is 9.16 Å². The molecule has 1 heterocycles. The molecule has 0 aliphatic carbocycles. The van der Waals surface area contributed by atoms with Crippen molar-refractivity contribution in [3.8, 4) is 5.75 Å². The Hall–Kier alpha value is -1.33. The fraction of sp³-hybridized carbons (Fsp3) is 0.588. The van der Waals surface area contributed by atoms with Crippen molar-refractivity contribution in [2.45, 2.75) is 59.4 Å². The molecule has 0 spiro atoms. The van der Waals surface area contributed by atoms with Gasteiger partial charge in [-0.1, -0.05) is 26.8 Å². The minimum absolute atomic E-state index is 0.000799. The largest absolute Gasteiger partial charge is 0.478 e. The number of aryl methyl sites for hydroxylation is 1. The number of rotatable bonds is 4. The van der Waals surface area contributed by atoms with E-state index in [-0.39, 0.29) is 17.4 Å². The van der Waals surface area contributed by atoms with E-state index in [9.17, 15) is 4.79 Å². The molecular formula is C17H26NO3Si. The van der Waals surface area contributed by atoms with E-state index in [0.717, 1.165) is 17.0 Å². The summed E-state index contributed by atoms with van der Waals surface area (Å²) in [4.78, 5) is 12.3. The molecule has 1 N–H and O–H groups in total. The summed E-state index contributed by atoms with van der Waals surface area (Å²) in [5, 5.41) is 2.95. The molecule has 4 nitrogen and oxygen atoms in total. The van der Waals surface area contributed by atoms with Crippen molar-refractivity contribution in [1.82, 2.24) is 0 Å². The summed E-state index contributed by atoms with van der Waals surface area (Å²) < 4.78 is 12.0. The standard InChI is InChI=1S/C17H26NO3Si/c1-11-7-8-13-12(9-11)18-16(19)14(20-13)10-15(17(2,3)4)21-22(5)6/h7-9,14-15H,10H2,1-6H3,(H,18,19). The number of ether oxygens (including phenoxy) is 1. The summed E-state index contributed by atoms with van der Waals surface area (Å²) in [6, 6.07) is 5.84. The van der Waals surface area contributed by atoms with Crippen LogP contribution in [0.25, 0.3) is 0 Å². The van der Waals surface area contributed by atoms with Gasteiger partial charge in [-0.25, -0.2) is 0 Å². The van der Waals surface area contributed by atoms with Gasteiger partial charge in [-0.3, -0.25) is 4.79 Å². The van der Waals surface area contributed by atoms with Crippen LogP contribution in [-0.2, 0) is 9.22 Å². The van der Waals surface area contributed by atoms with E-state index < -0.39 is 15.1 Å². The number of hydrogen-bond acceptors (Lipinski definition) is 3. The van der Waals surface area contributed by atoms with Gasteiger partial charge in [0.15, 0.2) is 6.10 Å². The molecule has 0 aromatic heterocycles. The highest BCUT2D eigenvalue weighted by Crippen LogP contribution is 2.34. The molecule has 2 unspecified atom stereocenters. The number of anilines is 1. The van der Waals surface area contributed by atoms with Gasteiger partial charge in [-0.05, 0) is 43.1 Å². The topological polar surface area (TPSA) is 47.6 Å². The van der Waals surface area contributed by atoms with Gasteiger partial charge in [-0.2, -0.15) is 0 Å². The van der Waals surface area contributed by atoms with Crippen molar-refractivity contribution in [2.24, 2.45) is 5.41 Å². The van der Waals surface area contributed by atoms with Gasteiger partial charge >= 0.3 is 0 Å². The predicted octanol–water partition coefficient (Wildman–Crippen LogP) is 3.77. The third-order valence-electron chi connectivity index (χ3n) is 3.73. The van der Waals surface area contributed by atoms with Crippen LogP contribution in [0.5, 0.6) is 5.75 Å². The fourth-order valence-electron chi connectivity index (χ4n) is 2.48. The van der Waals surface area contributed by atoms with Gasteiger partial charge in [0.2, 0.25) is 9.04 Å². The molecule has 1 radical (unpaired) electrons. The predicted molar refractivity (Wildman–Crippen MR) is 90.7 cm³/mol. The van der Waals surface area contributed by atoms with E-state index >= 15 is 0 Å². The average molecular weight is 320 g/mol. The van der Waals surface area contributed by atoms with Crippen molar-refractivity contribution in [1.29, 1.82) is 0 Å². The fourth-order valence-corrected chi connectivity index (χ4v) is 3.50. The first-order valence-electron chi connectivity index (χ1n) is 7.72. The molecule has 1 aliphatic heterocycles. The van der Waals surface area contributed by atoms with Crippen LogP contribution in [0.4, 0.5) is 5.69 Å². The second-order valence-electron chi connectivity index (χ2n) is 7.21. The Morgan fingerprint density at radius 3 is 2.64 bits per heavy atom. The molecule has 1 aromatic carbocycles. The Morgan fingerprint density at radius 2 is 2.05 bits per heavy atom. The lowest BCUT2D eigenvalue weighted by Gasteiger charge is -2.36. The van der Waals surface area contributed by atoms with Gasteiger partial charge in [-0.15, -0.1) is 0 Å². The lowest BCUT2D eigenvalue weighted by molar-refractivity contribution is -0.125. The molecule has 2 atom stereocenters. The Morgan fingerprint density at radius 1 is 1.36 bits per heavy atom. The first-order valence-corrected chi connectivity index (χ1v) is 10.1. The van der Waals surface area contributed by atoms with Crippen molar-refractivity contribution in [2.75, 3.05) is 5.32 Å². The summed E-state index contributed by atoms with van der Waals surface area (Å²) in [5.74, 6) is 0.651. The molecule has 1 amide bonds. The summed E-state index contributed by atoms with van der Waals surface area (Å²) in [6.07, 6.45) is 0.0679. The zero-order chi connectivity index (χ0) is 16.5. The van der Waals surface area contributed by atoms with Crippen molar-refractivity contribution >= 4 is 20.6 Å². The number of benzene rings is 1. The van der Waals surface area contributed by atoms with Crippen LogP contribution in [0.1, 0.15) is 32.8 Å². The third kappa shape index (κ3) is 4.11. The van der Waals surface area contributed by atoms with Gasteiger partial charge in [0.05, 0.1) is 11.8 Å². The van der Waals surface area contributed by atoms with Crippen molar-refractivity contribution in [3.05, 3.63) is 23.8 Å². The van der Waals surface area contributed by atoms with Gasteiger partial charge in [0, 0.05) is 6.42 Å². The lowest BCUT2D eigenvalue weighted by atomic mass is 9.85. The van der Waals surface area contributed by atoms with E-state index in [1.165, 1.54) is 0 Å². The highest BCUT2D eigenvalue weighted by atomic mass is 28.3. The summed E-state index contributed by atoms with van der Waals surface area (Å²) >= 11 is 0. The van der Waals surface area contributed by atoms with Crippen LogP contribution in [0, 0.1) is 12.3 Å². The zero-order valence-corrected chi connectivity index (χ0v) is 15.3. The van der Waals surface area contributed by atoms with Gasteiger partial charge < -0.3 is 14.5 Å². The highest BCUT2D eigenvalue weighted by molar-refractivity contribution is 6.48. The van der Waals surface area contributed by atoms with Crippen LogP contribution in [0.3, 0.4) is 0 Å². The highest BCUT2D eigenvalue weighted by Gasteiger charge is 2.35. The molecule has 1 aliphatic rings. The Balaban J connectivity index is 2.15. The quantitative estimate of drug-likeness (QED) is 0.859. The number of amides is 1. The van der Waals surface area contributed by atoms with Crippen LogP contribution in [0.2, 0.25) is 13.1 Å². The van der Waals surface area contributed by atoms with E-state index in [1.54, 1.807) is 0 Å². The molecule has 22 heavy (non-hydrogen) atoms. The number of carbonyl (C=O) groups is 1. The van der Waals surface area contributed by atoms with Crippen LogP contribution in [-0.4, -0.2) is 27.2 Å².